The Balaban J connectivity index is 2.15. The molecule has 0 spiro atoms. The summed E-state index contributed by atoms with van der Waals surface area (Å²) in [6.45, 7) is 1.92. The molecule has 2 heterocycles. The largest absolute Gasteiger partial charge is 0.461 e. The molecular formula is C13H14N2O3. The van der Waals surface area contributed by atoms with E-state index in [-0.39, 0.29) is 23.7 Å². The molecule has 0 radical (unpaired) electrons. The summed E-state index contributed by atoms with van der Waals surface area (Å²) in [5.74, 6) is -0.317. The molecule has 0 aliphatic rings. The molecule has 0 fully saturated rings. The van der Waals surface area contributed by atoms with Gasteiger partial charge >= 0.3 is 0 Å². The van der Waals surface area contributed by atoms with Gasteiger partial charge in [0, 0.05) is 13.2 Å². The third-order valence-corrected chi connectivity index (χ3v) is 2.66. The van der Waals surface area contributed by atoms with Crippen LogP contribution in [0.2, 0.25) is 0 Å². The number of rotatable bonds is 5. The summed E-state index contributed by atoms with van der Waals surface area (Å²) in [4.78, 5) is 23.8. The van der Waals surface area contributed by atoms with Crippen molar-refractivity contribution in [3.63, 3.8) is 0 Å². The average molecular weight is 246 g/mol. The minimum atomic E-state index is -0.309. The number of carbonyl (C=O) groups is 2. The number of furan rings is 1. The van der Waals surface area contributed by atoms with Crippen LogP contribution in [0.15, 0.2) is 29.0 Å². The first kappa shape index (κ1) is 12.3. The van der Waals surface area contributed by atoms with Crippen LogP contribution in [0.4, 0.5) is 0 Å². The molecule has 0 bridgehead atoms. The molecule has 2 aromatic rings. The van der Waals surface area contributed by atoms with Gasteiger partial charge in [0.1, 0.15) is 0 Å². The van der Waals surface area contributed by atoms with E-state index in [1.165, 1.54) is 6.26 Å². The van der Waals surface area contributed by atoms with E-state index in [4.69, 9.17) is 4.42 Å². The first-order valence-electron chi connectivity index (χ1n) is 5.74. The Labute approximate surface area is 104 Å². The van der Waals surface area contributed by atoms with Crippen LogP contribution in [0.3, 0.4) is 0 Å². The molecule has 0 unspecified atom stereocenters. The van der Waals surface area contributed by atoms with Gasteiger partial charge in [-0.15, -0.1) is 0 Å². The smallest absolute Gasteiger partial charge is 0.205 e. The van der Waals surface area contributed by atoms with Crippen LogP contribution in [0.25, 0.3) is 0 Å². The van der Waals surface area contributed by atoms with Gasteiger partial charge in [-0.25, -0.2) is 0 Å². The number of carbonyl (C=O) groups excluding carboxylic acids is 2. The molecule has 0 N–H and O–H groups in total. The highest BCUT2D eigenvalue weighted by molar-refractivity contribution is 6.12. The van der Waals surface area contributed by atoms with Crippen molar-refractivity contribution in [3.05, 3.63) is 41.6 Å². The summed E-state index contributed by atoms with van der Waals surface area (Å²) >= 11 is 0. The van der Waals surface area contributed by atoms with E-state index >= 15 is 0 Å². The van der Waals surface area contributed by atoms with E-state index in [1.807, 2.05) is 6.92 Å². The highest BCUT2D eigenvalue weighted by Crippen LogP contribution is 2.13. The highest BCUT2D eigenvalue weighted by atomic mass is 16.3. The lowest BCUT2D eigenvalue weighted by Crippen LogP contribution is -2.09. The standard InChI is InChI=1S/C13H14N2O3/c1-3-10-9(8-15(2)14-10)11(16)7-12(17)13-5-4-6-18-13/h4-6,8H,3,7H2,1-2H3. The molecule has 2 aromatic heterocycles. The number of hydrogen-bond donors (Lipinski definition) is 0. The zero-order chi connectivity index (χ0) is 13.1. The zero-order valence-electron chi connectivity index (χ0n) is 10.3. The van der Waals surface area contributed by atoms with Crippen LogP contribution in [0, 0.1) is 0 Å². The predicted octanol–water partition coefficient (Wildman–Crippen LogP) is 2.03. The fraction of sp³-hybridized carbons (Fsp3) is 0.308. The van der Waals surface area contributed by atoms with Gasteiger partial charge in [-0.3, -0.25) is 14.3 Å². The van der Waals surface area contributed by atoms with Crippen LogP contribution in [0.5, 0.6) is 0 Å². The molecule has 0 aliphatic carbocycles. The normalized spacial score (nSPS) is 10.6. The van der Waals surface area contributed by atoms with Gasteiger partial charge in [-0.1, -0.05) is 6.92 Å². The lowest BCUT2D eigenvalue weighted by molar-refractivity contribution is 0.0877. The van der Waals surface area contributed by atoms with Crippen molar-refractivity contribution in [1.29, 1.82) is 0 Å². The number of Topliss-reactive ketones (excluding diaryl/α,β-unsaturated/α-hetero) is 2. The Morgan fingerprint density at radius 3 is 2.78 bits per heavy atom. The summed E-state index contributed by atoms with van der Waals surface area (Å²) in [7, 11) is 1.75. The van der Waals surface area contributed by atoms with Gasteiger partial charge in [0.15, 0.2) is 11.5 Å². The average Bonchev–Trinajstić information content (AvgIpc) is 2.96. The molecule has 94 valence electrons. The third-order valence-electron chi connectivity index (χ3n) is 2.66. The molecule has 18 heavy (non-hydrogen) atoms. The highest BCUT2D eigenvalue weighted by Gasteiger charge is 2.19. The number of aromatic nitrogens is 2. The van der Waals surface area contributed by atoms with E-state index in [2.05, 4.69) is 5.10 Å². The van der Waals surface area contributed by atoms with E-state index in [9.17, 15) is 9.59 Å². The van der Waals surface area contributed by atoms with Gasteiger partial charge in [0.25, 0.3) is 0 Å². The quantitative estimate of drug-likeness (QED) is 0.598. The maximum Gasteiger partial charge on any atom is 0.205 e. The van der Waals surface area contributed by atoms with Crippen molar-refractivity contribution in [1.82, 2.24) is 9.78 Å². The van der Waals surface area contributed by atoms with E-state index in [0.29, 0.717) is 12.0 Å². The first-order valence-corrected chi connectivity index (χ1v) is 5.74. The molecule has 0 aliphatic heterocycles. The monoisotopic (exact) mass is 246 g/mol. The molecule has 0 amide bonds. The van der Waals surface area contributed by atoms with Crippen LogP contribution >= 0.6 is 0 Å². The molecule has 0 saturated carbocycles. The molecule has 0 atom stereocenters. The first-order chi connectivity index (χ1) is 8.61. The fourth-order valence-corrected chi connectivity index (χ4v) is 1.79. The molecule has 5 heteroatoms. The van der Waals surface area contributed by atoms with E-state index in [0.717, 1.165) is 5.69 Å². The summed E-state index contributed by atoms with van der Waals surface area (Å²) in [5.41, 5.74) is 1.23. The molecule has 5 nitrogen and oxygen atoms in total. The molecule has 0 saturated heterocycles. The van der Waals surface area contributed by atoms with Crippen LogP contribution < -0.4 is 0 Å². The predicted molar refractivity (Wildman–Crippen MR) is 64.6 cm³/mol. The van der Waals surface area contributed by atoms with Crippen molar-refractivity contribution in [2.24, 2.45) is 7.05 Å². The van der Waals surface area contributed by atoms with Crippen molar-refractivity contribution < 1.29 is 14.0 Å². The van der Waals surface area contributed by atoms with Gasteiger partial charge in [0.05, 0.1) is 23.9 Å². The van der Waals surface area contributed by atoms with Crippen molar-refractivity contribution in [2.45, 2.75) is 19.8 Å². The van der Waals surface area contributed by atoms with Gasteiger partial charge in [-0.05, 0) is 18.6 Å². The Kier molecular flexibility index (Phi) is 3.41. The Bertz CT molecular complexity index is 567. The second-order valence-corrected chi connectivity index (χ2v) is 4.02. The topological polar surface area (TPSA) is 65.1 Å². The van der Waals surface area contributed by atoms with Gasteiger partial charge < -0.3 is 4.42 Å². The summed E-state index contributed by atoms with van der Waals surface area (Å²) in [6, 6.07) is 3.18. The van der Waals surface area contributed by atoms with E-state index in [1.54, 1.807) is 30.1 Å². The van der Waals surface area contributed by atoms with Crippen molar-refractivity contribution in [2.75, 3.05) is 0 Å². The van der Waals surface area contributed by atoms with Gasteiger partial charge in [0.2, 0.25) is 5.78 Å². The van der Waals surface area contributed by atoms with Crippen molar-refractivity contribution in [3.8, 4) is 0 Å². The second-order valence-electron chi connectivity index (χ2n) is 4.02. The minimum Gasteiger partial charge on any atom is -0.461 e. The third kappa shape index (κ3) is 2.40. The van der Waals surface area contributed by atoms with Crippen LogP contribution in [-0.2, 0) is 13.5 Å². The van der Waals surface area contributed by atoms with E-state index < -0.39 is 0 Å². The second kappa shape index (κ2) is 5.00. The van der Waals surface area contributed by atoms with Gasteiger partial charge in [-0.2, -0.15) is 5.10 Å². The fourth-order valence-electron chi connectivity index (χ4n) is 1.79. The Morgan fingerprint density at radius 1 is 1.39 bits per heavy atom. The Morgan fingerprint density at radius 2 is 2.17 bits per heavy atom. The zero-order valence-corrected chi connectivity index (χ0v) is 10.3. The van der Waals surface area contributed by atoms with Crippen LogP contribution in [-0.4, -0.2) is 21.3 Å². The molecular weight excluding hydrogens is 232 g/mol. The number of nitrogens with zero attached hydrogens (tertiary/aromatic N) is 2. The lowest BCUT2D eigenvalue weighted by atomic mass is 10.0. The summed E-state index contributed by atoms with van der Waals surface area (Å²) in [5, 5.41) is 4.18. The number of hydrogen-bond acceptors (Lipinski definition) is 4. The molecule has 2 rings (SSSR count). The maximum absolute atomic E-state index is 12.0. The van der Waals surface area contributed by atoms with Crippen LogP contribution in [0.1, 0.15) is 40.0 Å². The SMILES string of the molecule is CCc1nn(C)cc1C(=O)CC(=O)c1ccco1. The lowest BCUT2D eigenvalue weighted by Gasteiger charge is -1.98. The summed E-state index contributed by atoms with van der Waals surface area (Å²) in [6.07, 6.45) is 3.54. The molecule has 0 aromatic carbocycles. The van der Waals surface area contributed by atoms with Crippen molar-refractivity contribution >= 4 is 11.6 Å². The maximum atomic E-state index is 12.0. The summed E-state index contributed by atoms with van der Waals surface area (Å²) < 4.78 is 6.56. The minimum absolute atomic E-state index is 0.188. The Hall–Kier alpha value is -2.17. The number of aryl methyl sites for hydroxylation is 2. The number of ketones is 2.